The summed E-state index contributed by atoms with van der Waals surface area (Å²) in [6.45, 7) is 3.24. The number of rotatable bonds is 1. The summed E-state index contributed by atoms with van der Waals surface area (Å²) in [6, 6.07) is 0. The van der Waals surface area contributed by atoms with Crippen LogP contribution in [-0.4, -0.2) is 31.7 Å². The molecule has 0 spiro atoms. The molecule has 1 heterocycles. The molecule has 3 N–H and O–H groups in total. The van der Waals surface area contributed by atoms with Gasteiger partial charge in [0.1, 0.15) is 5.54 Å². The maximum Gasteiger partial charge on any atom is 0.327 e. The number of ether oxygens (including phenoxy) is 1. The molecule has 4 nitrogen and oxygen atoms in total. The molecule has 11 heavy (non-hydrogen) atoms. The van der Waals surface area contributed by atoms with Crippen LogP contribution in [0.1, 0.15) is 6.92 Å². The van der Waals surface area contributed by atoms with Crippen molar-refractivity contribution >= 4 is 5.97 Å². The minimum Gasteiger partial charge on any atom is -0.468 e. The quantitative estimate of drug-likeness (QED) is 0.485. The van der Waals surface area contributed by atoms with E-state index in [1.54, 1.807) is 0 Å². The highest BCUT2D eigenvalue weighted by Gasteiger charge is 2.44. The molecule has 2 atom stereocenters. The third kappa shape index (κ3) is 1.23. The largest absolute Gasteiger partial charge is 0.468 e. The number of carbonyl (C=O) groups excluding carboxylic acids is 1. The predicted octanol–water partition coefficient (Wildman–Crippen LogP) is -0.904. The van der Waals surface area contributed by atoms with Crippen LogP contribution in [0.25, 0.3) is 0 Å². The summed E-state index contributed by atoms with van der Waals surface area (Å²) < 4.78 is 4.60. The second-order valence-corrected chi connectivity index (χ2v) is 3.06. The number of methoxy groups -OCH3 is 1. The van der Waals surface area contributed by atoms with Crippen LogP contribution in [0.3, 0.4) is 0 Å². The van der Waals surface area contributed by atoms with Gasteiger partial charge in [-0.15, -0.1) is 0 Å². The lowest BCUT2D eigenvalue weighted by Gasteiger charge is -2.24. The molecule has 1 rings (SSSR count). The number of nitrogens with one attached hydrogen (secondary N) is 1. The van der Waals surface area contributed by atoms with Crippen molar-refractivity contribution in [3.63, 3.8) is 0 Å². The molecule has 0 aromatic heterocycles. The first-order chi connectivity index (χ1) is 5.11. The molecule has 0 aliphatic carbocycles. The third-order valence-electron chi connectivity index (χ3n) is 2.31. The van der Waals surface area contributed by atoms with E-state index in [0.717, 1.165) is 6.54 Å². The summed E-state index contributed by atoms with van der Waals surface area (Å²) in [5.74, 6) is -0.176. The van der Waals surface area contributed by atoms with Crippen LogP contribution in [0.5, 0.6) is 0 Å². The van der Waals surface area contributed by atoms with Crippen molar-refractivity contribution in [3.8, 4) is 0 Å². The number of hydrogen-bond acceptors (Lipinski definition) is 4. The van der Waals surface area contributed by atoms with Crippen LogP contribution in [0, 0.1) is 5.92 Å². The van der Waals surface area contributed by atoms with Gasteiger partial charge < -0.3 is 15.8 Å². The molecule has 0 unspecified atom stereocenters. The van der Waals surface area contributed by atoms with E-state index >= 15 is 0 Å². The first-order valence-electron chi connectivity index (χ1n) is 3.69. The van der Waals surface area contributed by atoms with Crippen molar-refractivity contribution in [3.05, 3.63) is 0 Å². The fraction of sp³-hybridized carbons (Fsp3) is 0.857. The van der Waals surface area contributed by atoms with E-state index in [2.05, 4.69) is 10.1 Å². The minimum absolute atomic E-state index is 0.148. The highest BCUT2D eigenvalue weighted by atomic mass is 16.5. The fourth-order valence-corrected chi connectivity index (χ4v) is 1.32. The molecule has 1 aliphatic rings. The highest BCUT2D eigenvalue weighted by Crippen LogP contribution is 2.19. The van der Waals surface area contributed by atoms with Crippen LogP contribution >= 0.6 is 0 Å². The predicted molar refractivity (Wildman–Crippen MR) is 41.0 cm³/mol. The zero-order valence-electron chi connectivity index (χ0n) is 6.89. The number of nitrogens with two attached hydrogens (primary N) is 1. The zero-order chi connectivity index (χ0) is 8.48. The van der Waals surface area contributed by atoms with Gasteiger partial charge >= 0.3 is 5.97 Å². The Morgan fingerprint density at radius 2 is 2.45 bits per heavy atom. The lowest BCUT2D eigenvalue weighted by atomic mass is 9.90. The van der Waals surface area contributed by atoms with Gasteiger partial charge in [-0.1, -0.05) is 6.92 Å². The number of carbonyl (C=O) groups is 1. The Kier molecular flexibility index (Phi) is 2.15. The fourth-order valence-electron chi connectivity index (χ4n) is 1.32. The molecule has 1 saturated heterocycles. The summed E-state index contributed by atoms with van der Waals surface area (Å²) in [6.07, 6.45) is 0. The summed E-state index contributed by atoms with van der Waals surface area (Å²) >= 11 is 0. The molecule has 1 aliphatic heterocycles. The first kappa shape index (κ1) is 8.49. The van der Waals surface area contributed by atoms with Gasteiger partial charge in [0.05, 0.1) is 7.11 Å². The second-order valence-electron chi connectivity index (χ2n) is 3.06. The zero-order valence-corrected chi connectivity index (χ0v) is 6.89. The average Bonchev–Trinajstić information content (AvgIpc) is 2.32. The molecule has 0 radical (unpaired) electrons. The molecule has 0 bridgehead atoms. The molecule has 64 valence electrons. The maximum absolute atomic E-state index is 11.2. The van der Waals surface area contributed by atoms with E-state index in [4.69, 9.17) is 5.73 Å². The smallest absolute Gasteiger partial charge is 0.327 e. The molecule has 0 saturated carbocycles. The average molecular weight is 158 g/mol. The maximum atomic E-state index is 11.2. The molecule has 0 aromatic carbocycles. The standard InChI is InChI=1S/C7H14N2O2/c1-5-3-9-4-7(5,8)6(10)11-2/h5,9H,3-4,8H2,1-2H3/t5-,7-/m0/s1. The van der Waals surface area contributed by atoms with Crippen molar-refractivity contribution in [2.75, 3.05) is 20.2 Å². The Morgan fingerprint density at radius 1 is 1.82 bits per heavy atom. The molecular weight excluding hydrogens is 144 g/mol. The van der Waals surface area contributed by atoms with Gasteiger partial charge in [-0.3, -0.25) is 4.79 Å². The van der Waals surface area contributed by atoms with Crippen molar-refractivity contribution in [1.82, 2.24) is 5.32 Å². The second kappa shape index (κ2) is 2.79. The Labute approximate surface area is 66.1 Å². The minimum atomic E-state index is -0.811. The Hall–Kier alpha value is -0.610. The van der Waals surface area contributed by atoms with E-state index in [1.807, 2.05) is 6.92 Å². The van der Waals surface area contributed by atoms with Crippen LogP contribution in [0.15, 0.2) is 0 Å². The Balaban J connectivity index is 2.72. The van der Waals surface area contributed by atoms with Crippen LogP contribution in [-0.2, 0) is 9.53 Å². The number of esters is 1. The molecule has 1 fully saturated rings. The van der Waals surface area contributed by atoms with E-state index < -0.39 is 5.54 Å². The summed E-state index contributed by atoms with van der Waals surface area (Å²) in [4.78, 5) is 11.2. The third-order valence-corrected chi connectivity index (χ3v) is 2.31. The lowest BCUT2D eigenvalue weighted by molar-refractivity contribution is -0.147. The van der Waals surface area contributed by atoms with Crippen LogP contribution in [0.4, 0.5) is 0 Å². The monoisotopic (exact) mass is 158 g/mol. The van der Waals surface area contributed by atoms with Crippen molar-refractivity contribution in [2.24, 2.45) is 11.7 Å². The van der Waals surface area contributed by atoms with E-state index in [-0.39, 0.29) is 11.9 Å². The van der Waals surface area contributed by atoms with Crippen LogP contribution in [0.2, 0.25) is 0 Å². The highest BCUT2D eigenvalue weighted by molar-refractivity contribution is 5.81. The van der Waals surface area contributed by atoms with Gasteiger partial charge in [0.15, 0.2) is 0 Å². The van der Waals surface area contributed by atoms with Gasteiger partial charge in [0.25, 0.3) is 0 Å². The summed E-state index contributed by atoms with van der Waals surface area (Å²) in [5, 5.41) is 3.05. The normalized spacial score (nSPS) is 37.2. The van der Waals surface area contributed by atoms with Crippen molar-refractivity contribution in [1.29, 1.82) is 0 Å². The topological polar surface area (TPSA) is 64.3 Å². The van der Waals surface area contributed by atoms with E-state index in [1.165, 1.54) is 7.11 Å². The molecular formula is C7H14N2O2. The van der Waals surface area contributed by atoms with Crippen molar-refractivity contribution in [2.45, 2.75) is 12.5 Å². The number of hydrogen-bond donors (Lipinski definition) is 2. The summed E-state index contributed by atoms with van der Waals surface area (Å²) in [5.41, 5.74) is 5.01. The van der Waals surface area contributed by atoms with Gasteiger partial charge in [0.2, 0.25) is 0 Å². The van der Waals surface area contributed by atoms with E-state index in [9.17, 15) is 4.79 Å². The van der Waals surface area contributed by atoms with Gasteiger partial charge in [-0.2, -0.15) is 0 Å². The molecule has 0 aromatic rings. The molecule has 4 heteroatoms. The SMILES string of the molecule is COC(=O)[C@]1(N)CNC[C@@H]1C. The lowest BCUT2D eigenvalue weighted by Crippen LogP contribution is -2.54. The molecule has 0 amide bonds. The van der Waals surface area contributed by atoms with Crippen LogP contribution < -0.4 is 11.1 Å². The summed E-state index contributed by atoms with van der Waals surface area (Å²) in [7, 11) is 1.36. The Morgan fingerprint density at radius 3 is 2.82 bits per heavy atom. The van der Waals surface area contributed by atoms with Gasteiger partial charge in [0, 0.05) is 13.1 Å². The van der Waals surface area contributed by atoms with Gasteiger partial charge in [-0.25, -0.2) is 0 Å². The van der Waals surface area contributed by atoms with E-state index in [0.29, 0.717) is 6.54 Å². The first-order valence-corrected chi connectivity index (χ1v) is 3.69. The Bertz CT molecular complexity index is 172. The van der Waals surface area contributed by atoms with Crippen molar-refractivity contribution < 1.29 is 9.53 Å². The van der Waals surface area contributed by atoms with Gasteiger partial charge in [-0.05, 0) is 5.92 Å².